The van der Waals surface area contributed by atoms with Crippen molar-refractivity contribution in [1.29, 1.82) is 0 Å². The minimum atomic E-state index is -0.283. The number of hydrogen-bond donors (Lipinski definition) is 1. The number of hydrogen-bond acceptors (Lipinski definition) is 3. The van der Waals surface area contributed by atoms with Crippen LogP contribution in [0.5, 0.6) is 0 Å². The van der Waals surface area contributed by atoms with Crippen LogP contribution in [0.3, 0.4) is 0 Å². The molecule has 0 fully saturated rings. The first kappa shape index (κ1) is 10.7. The monoisotopic (exact) mass is 287 g/mol. The van der Waals surface area contributed by atoms with Gasteiger partial charge in [-0.3, -0.25) is 0 Å². The van der Waals surface area contributed by atoms with Crippen LogP contribution in [-0.2, 0) is 4.74 Å². The lowest BCUT2D eigenvalue weighted by atomic mass is 10.2. The Labute approximate surface area is 99.6 Å². The Kier molecular flexibility index (Phi) is 2.84. The second kappa shape index (κ2) is 3.98. The number of halogens is 1. The van der Waals surface area contributed by atoms with Gasteiger partial charge in [-0.1, -0.05) is 0 Å². The van der Waals surface area contributed by atoms with E-state index in [0.29, 0.717) is 12.3 Å². The number of thiophene rings is 1. The van der Waals surface area contributed by atoms with Crippen molar-refractivity contribution in [3.63, 3.8) is 0 Å². The van der Waals surface area contributed by atoms with E-state index in [-0.39, 0.29) is 5.97 Å². The zero-order valence-corrected chi connectivity index (χ0v) is 10.8. The normalized spacial score (nSPS) is 10.9. The Hall–Kier alpha value is -0.810. The number of ether oxygens (including phenoxy) is 1. The van der Waals surface area contributed by atoms with Gasteiger partial charge in [0.2, 0.25) is 0 Å². The highest BCUT2D eigenvalue weighted by Gasteiger charge is 2.17. The number of esters is 1. The zero-order chi connectivity index (χ0) is 11.0. The van der Waals surface area contributed by atoms with Crippen LogP contribution in [0.15, 0.2) is 9.85 Å². The molecular formula is C10H10BrNO2S. The van der Waals surface area contributed by atoms with Gasteiger partial charge >= 0.3 is 5.97 Å². The van der Waals surface area contributed by atoms with Crippen LogP contribution in [0, 0.1) is 6.92 Å². The summed E-state index contributed by atoms with van der Waals surface area (Å²) in [6.07, 6.45) is 0. The van der Waals surface area contributed by atoms with Crippen molar-refractivity contribution in [2.45, 2.75) is 13.8 Å². The van der Waals surface area contributed by atoms with Gasteiger partial charge in [0.05, 0.1) is 10.4 Å². The fraction of sp³-hybridized carbons (Fsp3) is 0.300. The Balaban J connectivity index is 2.49. The van der Waals surface area contributed by atoms with Gasteiger partial charge in [0.15, 0.2) is 0 Å². The second-order valence-corrected chi connectivity index (χ2v) is 5.57. The smallest absolute Gasteiger partial charge is 0.355 e. The highest BCUT2D eigenvalue weighted by atomic mass is 79.9. The summed E-state index contributed by atoms with van der Waals surface area (Å²) >= 11 is 4.99. The van der Waals surface area contributed by atoms with Gasteiger partial charge in [-0.2, -0.15) is 0 Å². The summed E-state index contributed by atoms with van der Waals surface area (Å²) in [5.74, 6) is -0.283. The Morgan fingerprint density at radius 3 is 3.00 bits per heavy atom. The number of aryl methyl sites for hydroxylation is 1. The molecule has 3 nitrogen and oxygen atoms in total. The number of nitrogens with one attached hydrogen (secondary N) is 1. The molecule has 2 rings (SSSR count). The van der Waals surface area contributed by atoms with Gasteiger partial charge < -0.3 is 9.72 Å². The molecule has 0 unspecified atom stereocenters. The average molecular weight is 288 g/mol. The molecule has 1 N–H and O–H groups in total. The van der Waals surface area contributed by atoms with Crippen molar-refractivity contribution in [2.24, 2.45) is 0 Å². The van der Waals surface area contributed by atoms with Crippen molar-refractivity contribution in [3.8, 4) is 0 Å². The van der Waals surface area contributed by atoms with E-state index in [9.17, 15) is 4.79 Å². The molecule has 0 aromatic carbocycles. The largest absolute Gasteiger partial charge is 0.461 e. The fourth-order valence-electron chi connectivity index (χ4n) is 1.48. The van der Waals surface area contributed by atoms with Crippen LogP contribution in [0.25, 0.3) is 10.2 Å². The van der Waals surface area contributed by atoms with E-state index in [1.807, 2.05) is 13.0 Å². The van der Waals surface area contributed by atoms with E-state index in [0.717, 1.165) is 19.6 Å². The van der Waals surface area contributed by atoms with E-state index in [1.54, 1.807) is 18.3 Å². The Bertz CT molecular complexity index is 515. The van der Waals surface area contributed by atoms with Crippen molar-refractivity contribution in [1.82, 2.24) is 4.98 Å². The SMILES string of the molecule is CCOC(=O)c1[nH]c2sc(Br)cc2c1C. The Morgan fingerprint density at radius 2 is 2.40 bits per heavy atom. The summed E-state index contributed by atoms with van der Waals surface area (Å²) in [5.41, 5.74) is 1.51. The molecule has 2 aromatic rings. The van der Waals surface area contributed by atoms with Gasteiger partial charge in [-0.15, -0.1) is 11.3 Å². The molecule has 0 radical (unpaired) electrons. The number of rotatable bonds is 2. The van der Waals surface area contributed by atoms with Crippen LogP contribution in [0.4, 0.5) is 0 Å². The Morgan fingerprint density at radius 1 is 1.67 bits per heavy atom. The summed E-state index contributed by atoms with van der Waals surface area (Å²) in [6.45, 7) is 4.12. The van der Waals surface area contributed by atoms with Gasteiger partial charge in [0.1, 0.15) is 10.5 Å². The van der Waals surface area contributed by atoms with E-state index in [2.05, 4.69) is 20.9 Å². The van der Waals surface area contributed by atoms with Crippen molar-refractivity contribution < 1.29 is 9.53 Å². The van der Waals surface area contributed by atoms with Crippen LogP contribution in [0.2, 0.25) is 0 Å². The number of fused-ring (bicyclic) bond motifs is 1. The molecule has 0 aliphatic heterocycles. The van der Waals surface area contributed by atoms with Crippen LogP contribution < -0.4 is 0 Å². The molecule has 15 heavy (non-hydrogen) atoms. The van der Waals surface area contributed by atoms with Crippen molar-refractivity contribution in [2.75, 3.05) is 6.61 Å². The molecule has 0 aliphatic rings. The zero-order valence-electron chi connectivity index (χ0n) is 8.39. The third kappa shape index (κ3) is 1.81. The standard InChI is InChI=1S/C10H10BrNO2S/c1-3-14-10(13)8-5(2)6-4-7(11)15-9(6)12-8/h4,12H,3H2,1-2H3. The second-order valence-electron chi connectivity index (χ2n) is 3.14. The predicted octanol–water partition coefficient (Wildman–Crippen LogP) is 3.48. The van der Waals surface area contributed by atoms with E-state index < -0.39 is 0 Å². The molecule has 0 saturated heterocycles. The van der Waals surface area contributed by atoms with Crippen LogP contribution in [0.1, 0.15) is 23.0 Å². The molecule has 0 spiro atoms. The summed E-state index contributed by atoms with van der Waals surface area (Å²) in [6, 6.07) is 2.01. The highest BCUT2D eigenvalue weighted by Crippen LogP contribution is 2.33. The minimum Gasteiger partial charge on any atom is -0.461 e. The summed E-state index contributed by atoms with van der Waals surface area (Å²) in [5, 5.41) is 1.08. The fourth-order valence-corrected chi connectivity index (χ4v) is 3.04. The first-order chi connectivity index (χ1) is 7.13. The lowest BCUT2D eigenvalue weighted by molar-refractivity contribution is 0.0520. The molecule has 0 aliphatic carbocycles. The van der Waals surface area contributed by atoms with E-state index >= 15 is 0 Å². The van der Waals surface area contributed by atoms with Gasteiger partial charge in [-0.25, -0.2) is 4.79 Å². The topological polar surface area (TPSA) is 42.1 Å². The van der Waals surface area contributed by atoms with E-state index in [4.69, 9.17) is 4.74 Å². The quantitative estimate of drug-likeness (QED) is 0.860. The first-order valence-electron chi connectivity index (χ1n) is 4.58. The molecule has 2 heterocycles. The van der Waals surface area contributed by atoms with Crippen LogP contribution in [-0.4, -0.2) is 17.6 Å². The van der Waals surface area contributed by atoms with Gasteiger partial charge in [-0.05, 0) is 41.4 Å². The third-order valence-corrected chi connectivity index (χ3v) is 3.75. The number of H-pyrrole nitrogens is 1. The number of aromatic amines is 1. The molecule has 0 amide bonds. The minimum absolute atomic E-state index is 0.283. The van der Waals surface area contributed by atoms with Gasteiger partial charge in [0.25, 0.3) is 0 Å². The average Bonchev–Trinajstić information content (AvgIpc) is 2.66. The third-order valence-electron chi connectivity index (χ3n) is 2.20. The first-order valence-corrected chi connectivity index (χ1v) is 6.19. The molecule has 0 bridgehead atoms. The van der Waals surface area contributed by atoms with E-state index in [1.165, 1.54) is 0 Å². The predicted molar refractivity (Wildman–Crippen MR) is 64.6 cm³/mol. The lowest BCUT2D eigenvalue weighted by Crippen LogP contribution is -2.06. The van der Waals surface area contributed by atoms with Gasteiger partial charge in [0, 0.05) is 5.39 Å². The lowest BCUT2D eigenvalue weighted by Gasteiger charge is -1.99. The highest BCUT2D eigenvalue weighted by molar-refractivity contribution is 9.11. The summed E-state index contributed by atoms with van der Waals surface area (Å²) in [4.78, 5) is 15.6. The molecular weight excluding hydrogens is 278 g/mol. The van der Waals surface area contributed by atoms with Crippen LogP contribution >= 0.6 is 27.3 Å². The molecule has 0 saturated carbocycles. The number of carbonyl (C=O) groups excluding carboxylic acids is 1. The molecule has 2 aromatic heterocycles. The molecule has 80 valence electrons. The summed E-state index contributed by atoms with van der Waals surface area (Å²) < 4.78 is 6.02. The summed E-state index contributed by atoms with van der Waals surface area (Å²) in [7, 11) is 0. The molecule has 0 atom stereocenters. The number of carbonyl (C=O) groups is 1. The maximum Gasteiger partial charge on any atom is 0.355 e. The maximum atomic E-state index is 11.6. The van der Waals surface area contributed by atoms with Crippen molar-refractivity contribution >= 4 is 43.5 Å². The number of aromatic nitrogens is 1. The van der Waals surface area contributed by atoms with Crippen molar-refractivity contribution in [3.05, 3.63) is 21.1 Å². The maximum absolute atomic E-state index is 11.6. The molecule has 5 heteroatoms.